The summed E-state index contributed by atoms with van der Waals surface area (Å²) in [6.07, 6.45) is -0.799. The summed E-state index contributed by atoms with van der Waals surface area (Å²) in [4.78, 5) is 0. The molecule has 0 aliphatic rings. The first-order valence-electron chi connectivity index (χ1n) is 7.52. The quantitative estimate of drug-likeness (QED) is 0.777. The third-order valence-corrected chi connectivity index (χ3v) is 3.67. The molecule has 0 unspecified atom stereocenters. The summed E-state index contributed by atoms with van der Waals surface area (Å²) in [6.45, 7) is 0.733. The Kier molecular flexibility index (Phi) is 6.40. The highest BCUT2D eigenvalue weighted by Gasteiger charge is 2.16. The molecule has 0 spiro atoms. The number of halogens is 1. The van der Waals surface area contributed by atoms with Gasteiger partial charge in [-0.3, -0.25) is 0 Å². The van der Waals surface area contributed by atoms with E-state index in [9.17, 15) is 9.50 Å². The van der Waals surface area contributed by atoms with E-state index >= 15 is 0 Å². The van der Waals surface area contributed by atoms with Gasteiger partial charge in [0, 0.05) is 18.7 Å². The number of hydrogen-bond acceptors (Lipinski definition) is 5. The molecule has 130 valence electrons. The van der Waals surface area contributed by atoms with Gasteiger partial charge in [-0.25, -0.2) is 4.39 Å². The monoisotopic (exact) mass is 335 g/mol. The highest BCUT2D eigenvalue weighted by Crippen LogP contribution is 2.39. The van der Waals surface area contributed by atoms with Crippen LogP contribution in [-0.4, -0.2) is 33.0 Å². The molecule has 0 aromatic heterocycles. The molecule has 6 heteroatoms. The number of nitrogens with one attached hydrogen (secondary N) is 1. The van der Waals surface area contributed by atoms with Crippen LogP contribution >= 0.6 is 0 Å². The molecule has 0 saturated heterocycles. The van der Waals surface area contributed by atoms with Gasteiger partial charge in [-0.15, -0.1) is 0 Å². The first-order valence-corrected chi connectivity index (χ1v) is 7.52. The number of methoxy groups -OCH3 is 3. The second kappa shape index (κ2) is 8.52. The van der Waals surface area contributed by atoms with Crippen molar-refractivity contribution < 1.29 is 23.7 Å². The van der Waals surface area contributed by atoms with Crippen molar-refractivity contribution >= 4 is 0 Å². The van der Waals surface area contributed by atoms with E-state index in [-0.39, 0.29) is 12.4 Å². The Labute approximate surface area is 141 Å². The zero-order chi connectivity index (χ0) is 17.5. The van der Waals surface area contributed by atoms with E-state index in [1.54, 1.807) is 39.5 Å². The molecule has 0 aliphatic carbocycles. The summed E-state index contributed by atoms with van der Waals surface area (Å²) in [6, 6.07) is 9.59. The molecule has 2 aromatic carbocycles. The fourth-order valence-corrected chi connectivity index (χ4v) is 2.48. The molecule has 0 bridgehead atoms. The molecular formula is C18H22FNO4. The lowest BCUT2D eigenvalue weighted by atomic mass is 10.1. The molecule has 0 saturated carbocycles. The van der Waals surface area contributed by atoms with Gasteiger partial charge in [0.25, 0.3) is 0 Å². The molecule has 0 heterocycles. The van der Waals surface area contributed by atoms with Gasteiger partial charge < -0.3 is 24.6 Å². The molecule has 1 atom stereocenters. The zero-order valence-corrected chi connectivity index (χ0v) is 14.0. The lowest BCUT2D eigenvalue weighted by Gasteiger charge is -2.17. The van der Waals surface area contributed by atoms with Crippen LogP contribution in [0.5, 0.6) is 17.2 Å². The Balaban J connectivity index is 2.04. The van der Waals surface area contributed by atoms with Crippen LogP contribution in [0.3, 0.4) is 0 Å². The Bertz CT molecular complexity index is 678. The first-order chi connectivity index (χ1) is 11.6. The maximum atomic E-state index is 13.2. The topological polar surface area (TPSA) is 60.0 Å². The summed E-state index contributed by atoms with van der Waals surface area (Å²) in [5.41, 5.74) is 1.39. The SMILES string of the molecule is COc1ccc(CNC[C@H](O)c2cccc(F)c2)c(OC)c1OC. The van der Waals surface area contributed by atoms with E-state index in [1.165, 1.54) is 12.1 Å². The minimum Gasteiger partial charge on any atom is -0.493 e. The van der Waals surface area contributed by atoms with Gasteiger partial charge in [-0.05, 0) is 23.8 Å². The highest BCUT2D eigenvalue weighted by molar-refractivity contribution is 5.55. The lowest BCUT2D eigenvalue weighted by Crippen LogP contribution is -2.21. The van der Waals surface area contributed by atoms with Crippen molar-refractivity contribution in [3.8, 4) is 17.2 Å². The van der Waals surface area contributed by atoms with Crippen LogP contribution in [0.2, 0.25) is 0 Å². The average Bonchev–Trinajstić information content (AvgIpc) is 2.60. The van der Waals surface area contributed by atoms with E-state index in [0.717, 1.165) is 5.56 Å². The van der Waals surface area contributed by atoms with Gasteiger partial charge >= 0.3 is 0 Å². The largest absolute Gasteiger partial charge is 0.493 e. The highest BCUT2D eigenvalue weighted by atomic mass is 19.1. The van der Waals surface area contributed by atoms with Crippen molar-refractivity contribution in [1.82, 2.24) is 5.32 Å². The molecule has 5 nitrogen and oxygen atoms in total. The van der Waals surface area contributed by atoms with Crippen LogP contribution in [0.4, 0.5) is 4.39 Å². The van der Waals surface area contributed by atoms with Crippen molar-refractivity contribution in [1.29, 1.82) is 0 Å². The predicted molar refractivity (Wildman–Crippen MR) is 89.2 cm³/mol. The number of aliphatic hydroxyl groups is 1. The Morgan fingerprint density at radius 3 is 2.42 bits per heavy atom. The van der Waals surface area contributed by atoms with Crippen molar-refractivity contribution in [2.75, 3.05) is 27.9 Å². The molecule has 0 fully saturated rings. The number of rotatable bonds is 8. The Morgan fingerprint density at radius 2 is 1.79 bits per heavy atom. The van der Waals surface area contributed by atoms with Crippen molar-refractivity contribution in [2.24, 2.45) is 0 Å². The van der Waals surface area contributed by atoms with Gasteiger partial charge in [-0.2, -0.15) is 0 Å². The third kappa shape index (κ3) is 4.15. The van der Waals surface area contributed by atoms with Crippen molar-refractivity contribution in [3.63, 3.8) is 0 Å². The van der Waals surface area contributed by atoms with Crippen LogP contribution in [0.25, 0.3) is 0 Å². The predicted octanol–water partition coefficient (Wildman–Crippen LogP) is 2.67. The molecule has 24 heavy (non-hydrogen) atoms. The van der Waals surface area contributed by atoms with Crippen LogP contribution in [0.1, 0.15) is 17.2 Å². The Hall–Kier alpha value is -2.31. The molecule has 0 amide bonds. The maximum Gasteiger partial charge on any atom is 0.203 e. The van der Waals surface area contributed by atoms with Crippen LogP contribution < -0.4 is 19.5 Å². The van der Waals surface area contributed by atoms with Gasteiger partial charge in [0.1, 0.15) is 5.82 Å². The molecular weight excluding hydrogens is 313 g/mol. The van der Waals surface area contributed by atoms with Gasteiger partial charge in [0.15, 0.2) is 11.5 Å². The normalized spacial score (nSPS) is 11.9. The maximum absolute atomic E-state index is 13.2. The standard InChI is InChI=1S/C18H22FNO4/c1-22-16-8-7-13(17(23-2)18(16)24-3)10-20-11-15(21)12-5-4-6-14(19)9-12/h4-9,15,20-21H,10-11H2,1-3H3/t15-/m0/s1. The minimum atomic E-state index is -0.799. The molecule has 0 aliphatic heterocycles. The molecule has 2 N–H and O–H groups in total. The second-order valence-electron chi connectivity index (χ2n) is 5.20. The lowest BCUT2D eigenvalue weighted by molar-refractivity contribution is 0.173. The number of aliphatic hydroxyl groups excluding tert-OH is 1. The summed E-state index contributed by atoms with van der Waals surface area (Å²) in [5.74, 6) is 1.31. The zero-order valence-electron chi connectivity index (χ0n) is 14.0. The van der Waals surface area contributed by atoms with Crippen molar-refractivity contribution in [3.05, 3.63) is 53.3 Å². The van der Waals surface area contributed by atoms with Crippen LogP contribution in [0.15, 0.2) is 36.4 Å². The molecule has 2 rings (SSSR count). The molecule has 2 aromatic rings. The first kappa shape index (κ1) is 18.0. The fraction of sp³-hybridized carbons (Fsp3) is 0.333. The van der Waals surface area contributed by atoms with Gasteiger partial charge in [0.05, 0.1) is 27.4 Å². The average molecular weight is 335 g/mol. The van der Waals surface area contributed by atoms with E-state index in [4.69, 9.17) is 14.2 Å². The summed E-state index contributed by atoms with van der Waals surface area (Å²) in [5, 5.41) is 13.3. The minimum absolute atomic E-state index is 0.279. The third-order valence-electron chi connectivity index (χ3n) is 3.67. The number of benzene rings is 2. The van der Waals surface area contributed by atoms with E-state index in [2.05, 4.69) is 5.32 Å². The van der Waals surface area contributed by atoms with Crippen LogP contribution in [-0.2, 0) is 6.54 Å². The number of ether oxygens (including phenoxy) is 3. The fourth-order valence-electron chi connectivity index (χ4n) is 2.48. The van der Waals surface area contributed by atoms with E-state index in [0.29, 0.717) is 29.4 Å². The smallest absolute Gasteiger partial charge is 0.203 e. The summed E-state index contributed by atoms with van der Waals surface area (Å²) < 4.78 is 29.2. The van der Waals surface area contributed by atoms with Gasteiger partial charge in [-0.1, -0.05) is 18.2 Å². The summed E-state index contributed by atoms with van der Waals surface area (Å²) in [7, 11) is 4.66. The number of hydrogen-bond donors (Lipinski definition) is 2. The summed E-state index contributed by atoms with van der Waals surface area (Å²) >= 11 is 0. The van der Waals surface area contributed by atoms with E-state index < -0.39 is 6.10 Å². The van der Waals surface area contributed by atoms with Crippen LogP contribution in [0, 0.1) is 5.82 Å². The van der Waals surface area contributed by atoms with Crippen molar-refractivity contribution in [2.45, 2.75) is 12.6 Å². The van der Waals surface area contributed by atoms with Gasteiger partial charge in [0.2, 0.25) is 5.75 Å². The van der Waals surface area contributed by atoms with E-state index in [1.807, 2.05) is 6.07 Å². The second-order valence-corrected chi connectivity index (χ2v) is 5.20. The Morgan fingerprint density at radius 1 is 1.04 bits per heavy atom. The molecule has 0 radical (unpaired) electrons.